The van der Waals surface area contributed by atoms with Crippen LogP contribution >= 0.6 is 0 Å². The molecule has 1 N–H and O–H groups in total. The molecule has 0 aromatic heterocycles. The molecule has 8 atom stereocenters. The van der Waals surface area contributed by atoms with Crippen molar-refractivity contribution in [3.63, 3.8) is 0 Å². The van der Waals surface area contributed by atoms with Crippen molar-refractivity contribution in [1.82, 2.24) is 5.32 Å². The number of esters is 1. The average molecular weight is 450 g/mol. The van der Waals surface area contributed by atoms with Crippen LogP contribution in [0.3, 0.4) is 0 Å². The largest absolute Gasteiger partial charge is 0.462 e. The molecule has 0 aliphatic heterocycles. The van der Waals surface area contributed by atoms with E-state index < -0.39 is 0 Å². The molecule has 3 fully saturated rings. The van der Waals surface area contributed by atoms with Gasteiger partial charge in [-0.15, -0.1) is 0 Å². The Morgan fingerprint density at radius 3 is 2.61 bits per heavy atom. The molecule has 0 amide bonds. The second-order valence-corrected chi connectivity index (χ2v) is 12.1. The van der Waals surface area contributed by atoms with Gasteiger partial charge in [-0.3, -0.25) is 4.79 Å². The molecular weight excluding hydrogens is 406 g/mol. The maximum Gasteiger partial charge on any atom is 0.302 e. The Morgan fingerprint density at radius 2 is 1.85 bits per heavy atom. The third-order valence-corrected chi connectivity index (χ3v) is 10.2. The van der Waals surface area contributed by atoms with E-state index in [2.05, 4.69) is 62.5 Å². The monoisotopic (exact) mass is 449 g/mol. The summed E-state index contributed by atoms with van der Waals surface area (Å²) in [5.74, 6) is 2.22. The van der Waals surface area contributed by atoms with Gasteiger partial charge in [-0.05, 0) is 93.4 Å². The molecule has 180 valence electrons. The van der Waals surface area contributed by atoms with Crippen molar-refractivity contribution in [3.8, 4) is 0 Å². The molecule has 4 aliphatic rings. The van der Waals surface area contributed by atoms with Crippen LogP contribution in [0.2, 0.25) is 0 Å². The van der Waals surface area contributed by atoms with Gasteiger partial charge in [-0.1, -0.05) is 55.8 Å². The van der Waals surface area contributed by atoms with E-state index in [0.717, 1.165) is 30.6 Å². The number of carbonyl (C=O) groups is 1. The van der Waals surface area contributed by atoms with Crippen LogP contribution in [0, 0.1) is 28.6 Å². The van der Waals surface area contributed by atoms with E-state index in [1.54, 1.807) is 12.5 Å². The normalized spacial score (nSPS) is 40.7. The molecule has 0 bridgehead atoms. The van der Waals surface area contributed by atoms with Crippen LogP contribution in [0.4, 0.5) is 0 Å². The summed E-state index contributed by atoms with van der Waals surface area (Å²) < 4.78 is 5.83. The van der Waals surface area contributed by atoms with Crippen molar-refractivity contribution in [3.05, 3.63) is 47.5 Å². The zero-order valence-corrected chi connectivity index (χ0v) is 21.1. The minimum atomic E-state index is -0.0999. The highest BCUT2D eigenvalue weighted by molar-refractivity contribution is 5.66. The van der Waals surface area contributed by atoms with Crippen molar-refractivity contribution < 1.29 is 9.53 Å². The molecular formula is C30H43NO2. The number of allylic oxidation sites excluding steroid dienone is 1. The Morgan fingerprint density at radius 1 is 1.06 bits per heavy atom. The lowest BCUT2D eigenvalue weighted by Crippen LogP contribution is -2.52. The number of carbonyl (C=O) groups excluding carboxylic acids is 1. The topological polar surface area (TPSA) is 38.3 Å². The van der Waals surface area contributed by atoms with Gasteiger partial charge in [-0.25, -0.2) is 0 Å². The van der Waals surface area contributed by atoms with Crippen LogP contribution in [-0.2, 0) is 16.0 Å². The summed E-state index contributed by atoms with van der Waals surface area (Å²) in [6.45, 7) is 8.92. The zero-order chi connectivity index (χ0) is 23.2. The zero-order valence-electron chi connectivity index (χ0n) is 21.1. The van der Waals surface area contributed by atoms with Gasteiger partial charge >= 0.3 is 5.97 Å². The molecule has 1 aromatic carbocycles. The van der Waals surface area contributed by atoms with E-state index in [9.17, 15) is 4.79 Å². The van der Waals surface area contributed by atoms with Gasteiger partial charge in [0.25, 0.3) is 0 Å². The Labute approximate surface area is 200 Å². The first-order chi connectivity index (χ1) is 15.8. The highest BCUT2D eigenvalue weighted by atomic mass is 16.5. The second-order valence-electron chi connectivity index (χ2n) is 12.1. The van der Waals surface area contributed by atoms with Gasteiger partial charge in [0.05, 0.1) is 0 Å². The fourth-order valence-electron chi connectivity index (χ4n) is 8.60. The number of hydrogen-bond donors (Lipinski definition) is 1. The summed E-state index contributed by atoms with van der Waals surface area (Å²) >= 11 is 0. The Balaban J connectivity index is 1.27. The minimum Gasteiger partial charge on any atom is -0.462 e. The number of fused-ring (bicyclic) bond motifs is 5. The van der Waals surface area contributed by atoms with Gasteiger partial charge < -0.3 is 10.1 Å². The van der Waals surface area contributed by atoms with Crippen molar-refractivity contribution in [2.75, 3.05) is 0 Å². The molecule has 1 unspecified atom stereocenters. The van der Waals surface area contributed by atoms with Crippen LogP contribution in [0.5, 0.6) is 0 Å². The molecule has 0 saturated heterocycles. The molecule has 0 spiro atoms. The molecule has 33 heavy (non-hydrogen) atoms. The van der Waals surface area contributed by atoms with Crippen LogP contribution in [-0.4, -0.2) is 24.2 Å². The molecule has 4 aliphatic carbocycles. The lowest BCUT2D eigenvalue weighted by Gasteiger charge is -2.58. The predicted molar refractivity (Wildman–Crippen MR) is 134 cm³/mol. The predicted octanol–water partition coefficient (Wildman–Crippen LogP) is 6.47. The summed E-state index contributed by atoms with van der Waals surface area (Å²) in [5, 5.41) is 3.93. The van der Waals surface area contributed by atoms with E-state index in [1.165, 1.54) is 50.5 Å². The number of hydrogen-bond acceptors (Lipinski definition) is 3. The first-order valence-electron chi connectivity index (χ1n) is 13.5. The lowest BCUT2D eigenvalue weighted by atomic mass is 9.47. The standard InChI is InChI=1S/C30H43NO2/c1-20(18-22-8-6-5-7-9-22)31-24-14-16-29(3)23(19-24)10-11-25-26-12-13-28(33-21(2)32)30(26,4)17-15-27(25)29/h5-9,19-20,24-28,31H,10-18H2,1-4H3/t20?,24-,25-,26-,27-,28-,29-,30-/m0/s1. The summed E-state index contributed by atoms with van der Waals surface area (Å²) in [5.41, 5.74) is 3.71. The van der Waals surface area contributed by atoms with Crippen LogP contribution in [0.25, 0.3) is 0 Å². The van der Waals surface area contributed by atoms with E-state index in [1.807, 2.05) is 0 Å². The van der Waals surface area contributed by atoms with Crippen LogP contribution in [0.1, 0.15) is 84.6 Å². The maximum atomic E-state index is 11.7. The third kappa shape index (κ3) is 4.20. The second kappa shape index (κ2) is 8.87. The van der Waals surface area contributed by atoms with Gasteiger partial charge in [0.1, 0.15) is 6.10 Å². The first-order valence-corrected chi connectivity index (χ1v) is 13.5. The number of rotatable bonds is 5. The van der Waals surface area contributed by atoms with Crippen molar-refractivity contribution >= 4 is 5.97 Å². The number of nitrogens with one attached hydrogen (secondary N) is 1. The molecule has 5 rings (SSSR count). The van der Waals surface area contributed by atoms with Gasteiger partial charge in [0.15, 0.2) is 0 Å². The van der Waals surface area contributed by atoms with Gasteiger partial charge in [0.2, 0.25) is 0 Å². The van der Waals surface area contributed by atoms with E-state index >= 15 is 0 Å². The molecule has 0 heterocycles. The van der Waals surface area contributed by atoms with Crippen molar-refractivity contribution in [1.29, 1.82) is 0 Å². The lowest BCUT2D eigenvalue weighted by molar-refractivity contribution is -0.157. The summed E-state index contributed by atoms with van der Waals surface area (Å²) in [7, 11) is 0. The maximum absolute atomic E-state index is 11.7. The average Bonchev–Trinajstić information content (AvgIpc) is 3.10. The molecule has 0 radical (unpaired) electrons. The first kappa shape index (κ1) is 23.1. The summed E-state index contributed by atoms with van der Waals surface area (Å²) in [4.78, 5) is 11.7. The van der Waals surface area contributed by atoms with Gasteiger partial charge in [0, 0.05) is 24.4 Å². The van der Waals surface area contributed by atoms with E-state index in [4.69, 9.17) is 4.74 Å². The molecule has 3 heteroatoms. The third-order valence-electron chi connectivity index (χ3n) is 10.2. The van der Waals surface area contributed by atoms with Crippen LogP contribution in [0.15, 0.2) is 42.0 Å². The van der Waals surface area contributed by atoms with Gasteiger partial charge in [-0.2, -0.15) is 0 Å². The fourth-order valence-corrected chi connectivity index (χ4v) is 8.60. The summed E-state index contributed by atoms with van der Waals surface area (Å²) in [6.07, 6.45) is 13.8. The molecule has 3 saturated carbocycles. The highest BCUT2D eigenvalue weighted by Crippen LogP contribution is 2.65. The minimum absolute atomic E-state index is 0.0999. The van der Waals surface area contributed by atoms with Crippen molar-refractivity contribution in [2.45, 2.75) is 104 Å². The quantitative estimate of drug-likeness (QED) is 0.413. The Kier molecular flexibility index (Phi) is 6.22. The van der Waals surface area contributed by atoms with E-state index in [-0.39, 0.29) is 17.5 Å². The summed E-state index contributed by atoms with van der Waals surface area (Å²) in [6, 6.07) is 11.9. The molecule has 1 aromatic rings. The van der Waals surface area contributed by atoms with Crippen LogP contribution < -0.4 is 5.32 Å². The number of ether oxygens (including phenoxy) is 1. The number of benzene rings is 1. The van der Waals surface area contributed by atoms with E-state index in [0.29, 0.717) is 17.5 Å². The molecule has 3 nitrogen and oxygen atoms in total. The van der Waals surface area contributed by atoms with Crippen molar-refractivity contribution in [2.24, 2.45) is 28.6 Å². The Bertz CT molecular complexity index is 894. The SMILES string of the molecule is CC(=O)O[C@H]1CC[C@H]2[C@@H]3CCC4=C[C@@H](NC(C)Cc5ccccc5)CC[C@]4(C)[C@H]3CC[C@]12C. The Hall–Kier alpha value is -1.61. The smallest absolute Gasteiger partial charge is 0.302 e. The highest BCUT2D eigenvalue weighted by Gasteiger charge is 2.59. The fraction of sp³-hybridized carbons (Fsp3) is 0.700.